The molecule has 0 amide bonds. The topological polar surface area (TPSA) is 29.9 Å². The Morgan fingerprint density at radius 2 is 2.25 bits per heavy atom. The smallest absolute Gasteiger partial charge is 0.0689 e. The second-order valence-corrected chi connectivity index (χ2v) is 4.55. The second-order valence-electron chi connectivity index (χ2n) is 4.55. The van der Waals surface area contributed by atoms with E-state index in [1.165, 1.54) is 23.7 Å². The minimum absolute atomic E-state index is 0.521. The van der Waals surface area contributed by atoms with Crippen LogP contribution < -0.4 is 5.32 Å². The highest BCUT2D eigenvalue weighted by molar-refractivity contribution is 5.81. The van der Waals surface area contributed by atoms with Gasteiger partial charge in [-0.1, -0.05) is 18.2 Å². The fraction of sp³-hybridized carbons (Fsp3) is 0.462. The number of aryl methyl sites for hydroxylation is 1. The average molecular weight is 215 g/mol. The number of fused-ring (bicyclic) bond motifs is 1. The number of piperidine rings is 1. The predicted octanol–water partition coefficient (Wildman–Crippen LogP) is 2.27. The van der Waals surface area contributed by atoms with Crippen LogP contribution in [0, 0.1) is 6.92 Å². The lowest BCUT2D eigenvalue weighted by Gasteiger charge is -2.23. The SMILES string of the molecule is Cc1nn(C2CCCNC2)c2ccccc12. The van der Waals surface area contributed by atoms with E-state index in [1.807, 2.05) is 0 Å². The van der Waals surface area contributed by atoms with E-state index in [9.17, 15) is 0 Å². The lowest BCUT2D eigenvalue weighted by Crippen LogP contribution is -2.32. The van der Waals surface area contributed by atoms with Gasteiger partial charge in [0, 0.05) is 11.9 Å². The molecule has 2 heterocycles. The van der Waals surface area contributed by atoms with Crippen molar-refractivity contribution >= 4 is 10.9 Å². The quantitative estimate of drug-likeness (QED) is 0.791. The van der Waals surface area contributed by atoms with Crippen LogP contribution in [-0.4, -0.2) is 22.9 Å². The Morgan fingerprint density at radius 3 is 3.06 bits per heavy atom. The third-order valence-electron chi connectivity index (χ3n) is 3.42. The van der Waals surface area contributed by atoms with Crippen molar-refractivity contribution in [2.24, 2.45) is 0 Å². The first kappa shape index (κ1) is 9.85. The monoisotopic (exact) mass is 215 g/mol. The highest BCUT2D eigenvalue weighted by Gasteiger charge is 2.18. The first-order valence-electron chi connectivity index (χ1n) is 6.01. The van der Waals surface area contributed by atoms with Crippen LogP contribution in [0.25, 0.3) is 10.9 Å². The number of benzene rings is 1. The standard InChI is InChI=1S/C13H17N3/c1-10-12-6-2-3-7-13(12)16(15-10)11-5-4-8-14-9-11/h2-3,6-7,11,14H,4-5,8-9H2,1H3. The van der Waals surface area contributed by atoms with Crippen LogP contribution >= 0.6 is 0 Å². The van der Waals surface area contributed by atoms with Crippen LogP contribution in [0.1, 0.15) is 24.6 Å². The van der Waals surface area contributed by atoms with E-state index in [-0.39, 0.29) is 0 Å². The maximum atomic E-state index is 4.69. The van der Waals surface area contributed by atoms with Crippen molar-refractivity contribution in [1.82, 2.24) is 15.1 Å². The summed E-state index contributed by atoms with van der Waals surface area (Å²) in [4.78, 5) is 0. The number of para-hydroxylation sites is 1. The van der Waals surface area contributed by atoms with Gasteiger partial charge in [0.25, 0.3) is 0 Å². The Hall–Kier alpha value is -1.35. The Morgan fingerprint density at radius 1 is 1.38 bits per heavy atom. The molecule has 2 aromatic rings. The second kappa shape index (κ2) is 3.91. The van der Waals surface area contributed by atoms with E-state index in [4.69, 9.17) is 5.10 Å². The third-order valence-corrected chi connectivity index (χ3v) is 3.42. The molecule has 3 rings (SSSR count). The molecule has 1 aliphatic rings. The molecule has 0 bridgehead atoms. The summed E-state index contributed by atoms with van der Waals surface area (Å²) in [5.41, 5.74) is 2.41. The van der Waals surface area contributed by atoms with E-state index in [1.54, 1.807) is 0 Å². The molecule has 84 valence electrons. The number of rotatable bonds is 1. The fourth-order valence-corrected chi connectivity index (χ4v) is 2.57. The summed E-state index contributed by atoms with van der Waals surface area (Å²) in [5, 5.41) is 9.42. The van der Waals surface area contributed by atoms with Gasteiger partial charge in [0.15, 0.2) is 0 Å². The van der Waals surface area contributed by atoms with Gasteiger partial charge in [-0.3, -0.25) is 4.68 Å². The summed E-state index contributed by atoms with van der Waals surface area (Å²) in [6.45, 7) is 4.29. The molecule has 1 aromatic heterocycles. The van der Waals surface area contributed by atoms with Crippen LogP contribution in [0.4, 0.5) is 0 Å². The van der Waals surface area contributed by atoms with E-state index in [0.29, 0.717) is 6.04 Å². The van der Waals surface area contributed by atoms with E-state index >= 15 is 0 Å². The average Bonchev–Trinajstić information content (AvgIpc) is 2.69. The largest absolute Gasteiger partial charge is 0.315 e. The molecular formula is C13H17N3. The van der Waals surface area contributed by atoms with Gasteiger partial charge in [-0.05, 0) is 32.4 Å². The maximum Gasteiger partial charge on any atom is 0.0689 e. The zero-order chi connectivity index (χ0) is 11.0. The minimum Gasteiger partial charge on any atom is -0.315 e. The fourth-order valence-electron chi connectivity index (χ4n) is 2.57. The van der Waals surface area contributed by atoms with E-state index in [2.05, 4.69) is 41.2 Å². The first-order valence-corrected chi connectivity index (χ1v) is 6.01. The Kier molecular flexibility index (Phi) is 2.40. The first-order chi connectivity index (χ1) is 7.86. The molecule has 3 nitrogen and oxygen atoms in total. The number of nitrogens with one attached hydrogen (secondary N) is 1. The van der Waals surface area contributed by atoms with Gasteiger partial charge in [-0.25, -0.2) is 0 Å². The van der Waals surface area contributed by atoms with Crippen LogP contribution in [-0.2, 0) is 0 Å². The van der Waals surface area contributed by atoms with E-state index < -0.39 is 0 Å². The van der Waals surface area contributed by atoms with Crippen molar-refractivity contribution in [2.45, 2.75) is 25.8 Å². The molecule has 0 spiro atoms. The molecule has 3 heteroatoms. The Labute approximate surface area is 95.5 Å². The molecule has 0 radical (unpaired) electrons. The zero-order valence-electron chi connectivity index (χ0n) is 9.61. The van der Waals surface area contributed by atoms with E-state index in [0.717, 1.165) is 18.8 Å². The molecule has 0 aliphatic carbocycles. The molecule has 1 saturated heterocycles. The number of aromatic nitrogens is 2. The number of hydrogen-bond donors (Lipinski definition) is 1. The molecule has 1 aliphatic heterocycles. The minimum atomic E-state index is 0.521. The summed E-state index contributed by atoms with van der Waals surface area (Å²) in [6.07, 6.45) is 2.48. The third kappa shape index (κ3) is 1.52. The molecule has 16 heavy (non-hydrogen) atoms. The van der Waals surface area contributed by atoms with Crippen molar-refractivity contribution in [3.8, 4) is 0 Å². The molecular weight excluding hydrogens is 198 g/mol. The Balaban J connectivity index is 2.08. The van der Waals surface area contributed by atoms with Gasteiger partial charge < -0.3 is 5.32 Å². The lowest BCUT2D eigenvalue weighted by molar-refractivity contribution is 0.354. The Bertz CT molecular complexity index is 495. The summed E-state index contributed by atoms with van der Waals surface area (Å²) in [5.74, 6) is 0. The van der Waals surface area contributed by atoms with Crippen LogP contribution in [0.3, 0.4) is 0 Å². The van der Waals surface area contributed by atoms with Gasteiger partial charge in [0.1, 0.15) is 0 Å². The van der Waals surface area contributed by atoms with Crippen molar-refractivity contribution in [3.05, 3.63) is 30.0 Å². The van der Waals surface area contributed by atoms with Crippen LogP contribution in [0.5, 0.6) is 0 Å². The summed E-state index contributed by atoms with van der Waals surface area (Å²) in [7, 11) is 0. The lowest BCUT2D eigenvalue weighted by atomic mass is 10.1. The highest BCUT2D eigenvalue weighted by Crippen LogP contribution is 2.24. The molecule has 0 saturated carbocycles. The molecule has 1 aromatic carbocycles. The maximum absolute atomic E-state index is 4.69. The van der Waals surface area contributed by atoms with Crippen molar-refractivity contribution in [3.63, 3.8) is 0 Å². The summed E-state index contributed by atoms with van der Waals surface area (Å²) < 4.78 is 2.21. The molecule has 1 atom stereocenters. The van der Waals surface area contributed by atoms with Gasteiger partial charge in [0.05, 0.1) is 17.3 Å². The highest BCUT2D eigenvalue weighted by atomic mass is 15.3. The van der Waals surface area contributed by atoms with Gasteiger partial charge >= 0.3 is 0 Å². The molecule has 1 fully saturated rings. The number of hydrogen-bond acceptors (Lipinski definition) is 2. The van der Waals surface area contributed by atoms with Crippen LogP contribution in [0.15, 0.2) is 24.3 Å². The van der Waals surface area contributed by atoms with Gasteiger partial charge in [0.2, 0.25) is 0 Å². The van der Waals surface area contributed by atoms with Crippen LogP contribution in [0.2, 0.25) is 0 Å². The molecule has 1 unspecified atom stereocenters. The zero-order valence-corrected chi connectivity index (χ0v) is 9.61. The van der Waals surface area contributed by atoms with Crippen molar-refractivity contribution in [1.29, 1.82) is 0 Å². The molecule has 1 N–H and O–H groups in total. The summed E-state index contributed by atoms with van der Waals surface area (Å²) >= 11 is 0. The normalized spacial score (nSPS) is 21.4. The van der Waals surface area contributed by atoms with Gasteiger partial charge in [-0.15, -0.1) is 0 Å². The van der Waals surface area contributed by atoms with Gasteiger partial charge in [-0.2, -0.15) is 5.10 Å². The number of nitrogens with zero attached hydrogens (tertiary/aromatic N) is 2. The predicted molar refractivity (Wildman–Crippen MR) is 65.6 cm³/mol. The van der Waals surface area contributed by atoms with Crippen molar-refractivity contribution < 1.29 is 0 Å². The summed E-state index contributed by atoms with van der Waals surface area (Å²) in [6, 6.07) is 9.03. The van der Waals surface area contributed by atoms with Crippen molar-refractivity contribution in [2.75, 3.05) is 13.1 Å².